The van der Waals surface area contributed by atoms with Gasteiger partial charge in [0.2, 0.25) is 11.9 Å². The van der Waals surface area contributed by atoms with Gasteiger partial charge < -0.3 is 15.2 Å². The summed E-state index contributed by atoms with van der Waals surface area (Å²) in [5.41, 5.74) is 8.56. The number of nitrogens with zero attached hydrogens (tertiary/aromatic N) is 4. The van der Waals surface area contributed by atoms with Crippen molar-refractivity contribution in [1.29, 1.82) is 0 Å². The number of anilines is 1. The van der Waals surface area contributed by atoms with Crippen LogP contribution >= 0.6 is 11.3 Å². The number of rotatable bonds is 10. The minimum Gasteiger partial charge on any atom is -0.495 e. The highest BCUT2D eigenvalue weighted by molar-refractivity contribution is 7.20. The molecule has 2 amide bonds. The van der Waals surface area contributed by atoms with E-state index in [4.69, 9.17) is 10.5 Å². The fourth-order valence-electron chi connectivity index (χ4n) is 4.80. The fraction of sp³-hybridized carbons (Fsp3) is 0.250. The number of thiophene rings is 1. The number of imidazole rings is 1. The van der Waals surface area contributed by atoms with Crippen LogP contribution in [0.3, 0.4) is 0 Å². The van der Waals surface area contributed by atoms with E-state index in [-0.39, 0.29) is 36.7 Å². The maximum atomic E-state index is 13.3. The van der Waals surface area contributed by atoms with Gasteiger partial charge in [-0.05, 0) is 61.7 Å². The summed E-state index contributed by atoms with van der Waals surface area (Å²) >= 11 is 1.32. The molecule has 0 aliphatic rings. The molecule has 0 bridgehead atoms. The number of nitrogens with two attached hydrogens (primary N) is 1. The number of carbonyl (C=O) groups excluding carboxylic acids is 4. The molecule has 230 valence electrons. The summed E-state index contributed by atoms with van der Waals surface area (Å²) in [4.78, 5) is 54.3. The number of carbonyl (C=O) groups is 4. The molecule has 12 nitrogen and oxygen atoms in total. The number of hydrogen-bond donors (Lipinski definition) is 2. The monoisotopic (exact) mass is 626 g/mol. The lowest BCUT2D eigenvalue weighted by molar-refractivity contribution is -0.140. The van der Waals surface area contributed by atoms with Gasteiger partial charge in [-0.25, -0.2) is 4.98 Å². The van der Waals surface area contributed by atoms with E-state index in [1.165, 1.54) is 18.4 Å². The number of nitrogens with one attached hydrogen (secondary N) is 1. The Labute approximate surface area is 262 Å². The van der Waals surface area contributed by atoms with Crippen molar-refractivity contribution in [3.8, 4) is 17.6 Å². The quantitative estimate of drug-likeness (QED) is 0.132. The minimum atomic E-state index is -0.594. The molecular formula is C32H30N6O6S. The van der Waals surface area contributed by atoms with Gasteiger partial charge in [-0.3, -0.25) is 33.7 Å². The molecule has 45 heavy (non-hydrogen) atoms. The van der Waals surface area contributed by atoms with E-state index >= 15 is 0 Å². The predicted octanol–water partition coefficient (Wildman–Crippen LogP) is 4.32. The Morgan fingerprint density at radius 2 is 1.87 bits per heavy atom. The first kappa shape index (κ1) is 31.0. The molecule has 2 aromatic carbocycles. The number of ether oxygens (including phenoxy) is 2. The molecule has 5 aromatic rings. The number of benzene rings is 2. The first-order valence-corrected chi connectivity index (χ1v) is 14.8. The zero-order valence-corrected chi connectivity index (χ0v) is 25.9. The van der Waals surface area contributed by atoms with E-state index in [1.807, 2.05) is 26.0 Å². The zero-order valence-electron chi connectivity index (χ0n) is 25.1. The number of aromatic nitrogens is 4. The summed E-state index contributed by atoms with van der Waals surface area (Å²) in [6.45, 7) is 4.35. The zero-order chi connectivity index (χ0) is 32.2. The molecule has 0 aliphatic carbocycles. The topological polar surface area (TPSA) is 160 Å². The Balaban J connectivity index is 1.47. The van der Waals surface area contributed by atoms with Crippen LogP contribution in [0.2, 0.25) is 0 Å². The second-order valence-electron chi connectivity index (χ2n) is 10.0. The second-order valence-corrected chi connectivity index (χ2v) is 11.1. The Morgan fingerprint density at radius 1 is 1.07 bits per heavy atom. The minimum absolute atomic E-state index is 0.0146. The van der Waals surface area contributed by atoms with Gasteiger partial charge in [0.1, 0.15) is 11.4 Å². The molecule has 0 saturated heterocycles. The number of primary amides is 1. The van der Waals surface area contributed by atoms with Gasteiger partial charge in [0.15, 0.2) is 5.78 Å². The smallest absolute Gasteiger partial charge is 0.305 e. The first-order valence-electron chi connectivity index (χ1n) is 14.0. The molecule has 5 rings (SSSR count). The molecule has 0 fully saturated rings. The van der Waals surface area contributed by atoms with Gasteiger partial charge in [0.05, 0.1) is 54.4 Å². The van der Waals surface area contributed by atoms with Crippen LogP contribution in [0, 0.1) is 18.8 Å². The van der Waals surface area contributed by atoms with Gasteiger partial charge in [-0.15, -0.1) is 11.3 Å². The highest BCUT2D eigenvalue weighted by Gasteiger charge is 2.19. The lowest BCUT2D eigenvalue weighted by Gasteiger charge is -2.08. The van der Waals surface area contributed by atoms with Crippen LogP contribution in [0.15, 0.2) is 42.5 Å². The number of esters is 1. The molecule has 13 heteroatoms. The molecule has 0 saturated carbocycles. The first-order chi connectivity index (χ1) is 21.6. The standard InChI is InChI=1S/C32H30N6O6S/c1-5-38-24(13-18(2)36-38)31(42)35-32-34-22-15-20(30(33)41)8-9-23(22)37(32)12-6-7-19-14-21-16-28(25(39)10-11-29(40)44-4)45-27(21)17-26(19)43-3/h8-9,13-17H,5,10-12H2,1-4H3,(H2,33,41)(H,34,35,42). The van der Waals surface area contributed by atoms with Gasteiger partial charge in [0.25, 0.3) is 5.91 Å². The molecule has 3 aromatic heterocycles. The van der Waals surface area contributed by atoms with Gasteiger partial charge in [-0.1, -0.05) is 11.8 Å². The van der Waals surface area contributed by atoms with Crippen molar-refractivity contribution in [3.05, 3.63) is 69.9 Å². The summed E-state index contributed by atoms with van der Waals surface area (Å²) in [5.74, 6) is 5.48. The Kier molecular flexibility index (Phi) is 8.96. The number of Topliss-reactive ketones (excluding diaryl/α,β-unsaturated/α-hetero) is 1. The largest absolute Gasteiger partial charge is 0.495 e. The van der Waals surface area contributed by atoms with E-state index in [0.717, 1.165) is 10.1 Å². The number of amides is 2. The van der Waals surface area contributed by atoms with Gasteiger partial charge in [0, 0.05) is 23.2 Å². The van der Waals surface area contributed by atoms with E-state index in [0.29, 0.717) is 45.2 Å². The number of ketones is 1. The molecule has 0 radical (unpaired) electrons. The lowest BCUT2D eigenvalue weighted by atomic mass is 10.1. The van der Waals surface area contributed by atoms with E-state index in [1.54, 1.807) is 46.7 Å². The Hall–Kier alpha value is -5.48. The lowest BCUT2D eigenvalue weighted by Crippen LogP contribution is -2.19. The van der Waals surface area contributed by atoms with Crippen LogP contribution in [0.5, 0.6) is 5.75 Å². The van der Waals surface area contributed by atoms with E-state index < -0.39 is 17.8 Å². The third-order valence-electron chi connectivity index (χ3n) is 7.05. The Bertz CT molecular complexity index is 2040. The molecule has 3 N–H and O–H groups in total. The summed E-state index contributed by atoms with van der Waals surface area (Å²) in [6, 6.07) is 12.0. The predicted molar refractivity (Wildman–Crippen MR) is 170 cm³/mol. The number of aryl methyl sites for hydroxylation is 2. The maximum absolute atomic E-state index is 13.3. The van der Waals surface area contributed by atoms with Crippen molar-refractivity contribution in [2.75, 3.05) is 19.5 Å². The number of hydrogen-bond acceptors (Lipinski definition) is 9. The van der Waals surface area contributed by atoms with Crippen LogP contribution < -0.4 is 15.8 Å². The van der Waals surface area contributed by atoms with Crippen molar-refractivity contribution in [1.82, 2.24) is 19.3 Å². The number of methoxy groups -OCH3 is 2. The average molecular weight is 627 g/mol. The number of fused-ring (bicyclic) bond motifs is 2. The maximum Gasteiger partial charge on any atom is 0.305 e. The summed E-state index contributed by atoms with van der Waals surface area (Å²) < 4.78 is 14.4. The van der Waals surface area contributed by atoms with Crippen LogP contribution in [0.1, 0.15) is 61.5 Å². The van der Waals surface area contributed by atoms with Gasteiger partial charge >= 0.3 is 5.97 Å². The molecule has 3 heterocycles. The van der Waals surface area contributed by atoms with Crippen molar-refractivity contribution < 1.29 is 28.7 Å². The summed E-state index contributed by atoms with van der Waals surface area (Å²) in [7, 11) is 2.83. The highest BCUT2D eigenvalue weighted by Crippen LogP contribution is 2.33. The van der Waals surface area contributed by atoms with Crippen molar-refractivity contribution in [2.24, 2.45) is 5.73 Å². The van der Waals surface area contributed by atoms with Crippen molar-refractivity contribution in [3.63, 3.8) is 0 Å². The molecular weight excluding hydrogens is 596 g/mol. The molecule has 0 spiro atoms. The molecule has 0 atom stereocenters. The molecule has 0 unspecified atom stereocenters. The normalized spacial score (nSPS) is 10.8. The van der Waals surface area contributed by atoms with E-state index in [9.17, 15) is 19.2 Å². The van der Waals surface area contributed by atoms with Crippen LogP contribution in [0.4, 0.5) is 5.95 Å². The average Bonchev–Trinajstić information content (AvgIpc) is 3.73. The molecule has 0 aliphatic heterocycles. The van der Waals surface area contributed by atoms with Crippen LogP contribution in [-0.2, 0) is 22.6 Å². The SMILES string of the molecule is CCn1nc(C)cc1C(=O)Nc1nc2cc(C(N)=O)ccc2n1CC#Cc1cc2cc(C(=O)CCC(=O)OC)sc2cc1OC. The third-order valence-corrected chi connectivity index (χ3v) is 8.19. The van der Waals surface area contributed by atoms with Crippen molar-refractivity contribution in [2.45, 2.75) is 39.8 Å². The van der Waals surface area contributed by atoms with E-state index in [2.05, 4.69) is 32.0 Å². The van der Waals surface area contributed by atoms with Crippen molar-refractivity contribution >= 4 is 62.0 Å². The summed E-state index contributed by atoms with van der Waals surface area (Å²) in [6.07, 6.45) is 0.0725. The second kappa shape index (κ2) is 13.0. The fourth-order valence-corrected chi connectivity index (χ4v) is 5.84. The Morgan fingerprint density at radius 3 is 2.58 bits per heavy atom. The van der Waals surface area contributed by atoms with Gasteiger partial charge in [-0.2, -0.15) is 5.10 Å². The summed E-state index contributed by atoms with van der Waals surface area (Å²) in [5, 5.41) is 8.03. The van der Waals surface area contributed by atoms with Crippen LogP contribution in [0.25, 0.3) is 21.1 Å². The highest BCUT2D eigenvalue weighted by atomic mass is 32.1. The third kappa shape index (κ3) is 6.56. The van der Waals surface area contributed by atoms with Crippen LogP contribution in [-0.4, -0.2) is 57.1 Å².